The van der Waals surface area contributed by atoms with E-state index >= 15 is 0 Å². The van der Waals surface area contributed by atoms with Crippen molar-refractivity contribution >= 4 is 17.4 Å². The predicted molar refractivity (Wildman–Crippen MR) is 78.7 cm³/mol. The minimum absolute atomic E-state index is 0.0416. The number of benzene rings is 1. The summed E-state index contributed by atoms with van der Waals surface area (Å²) in [5.74, 6) is 0.0416. The zero-order chi connectivity index (χ0) is 14.4. The van der Waals surface area contributed by atoms with Crippen molar-refractivity contribution in [1.29, 1.82) is 0 Å². The average molecular weight is 291 g/mol. The van der Waals surface area contributed by atoms with Crippen molar-refractivity contribution in [2.24, 2.45) is 10.9 Å². The molecule has 1 heterocycles. The fourth-order valence-corrected chi connectivity index (χ4v) is 1.98. The van der Waals surface area contributed by atoms with Crippen LogP contribution in [-0.2, 0) is 13.1 Å². The zero-order valence-electron chi connectivity index (χ0n) is 10.8. The van der Waals surface area contributed by atoms with Crippen molar-refractivity contribution in [3.63, 3.8) is 0 Å². The van der Waals surface area contributed by atoms with E-state index in [9.17, 15) is 0 Å². The molecule has 0 unspecified atom stereocenters. The first-order valence-electron chi connectivity index (χ1n) is 6.07. The van der Waals surface area contributed by atoms with E-state index in [1.54, 1.807) is 18.3 Å². The second kappa shape index (κ2) is 6.88. The van der Waals surface area contributed by atoms with Gasteiger partial charge in [0.25, 0.3) is 0 Å². The van der Waals surface area contributed by atoms with Crippen molar-refractivity contribution in [2.45, 2.75) is 13.1 Å². The molecule has 4 N–H and O–H groups in total. The topological polar surface area (TPSA) is 83.5 Å². The number of nitrogens with zero attached hydrogens (tertiary/aromatic N) is 2. The van der Waals surface area contributed by atoms with Crippen LogP contribution < -0.4 is 11.1 Å². The Kier molecular flexibility index (Phi) is 4.92. The van der Waals surface area contributed by atoms with E-state index in [-0.39, 0.29) is 5.84 Å². The number of nitrogens with two attached hydrogens (primary N) is 1. The second-order valence-electron chi connectivity index (χ2n) is 4.22. The smallest absolute Gasteiger partial charge is 0.170 e. The summed E-state index contributed by atoms with van der Waals surface area (Å²) >= 11 is 6.16. The van der Waals surface area contributed by atoms with Gasteiger partial charge >= 0.3 is 0 Å². The summed E-state index contributed by atoms with van der Waals surface area (Å²) in [6.45, 7) is 1.28. The van der Waals surface area contributed by atoms with Crippen LogP contribution in [0.4, 0.5) is 0 Å². The van der Waals surface area contributed by atoms with E-state index in [1.165, 1.54) is 0 Å². The molecule has 0 atom stereocenters. The lowest BCUT2D eigenvalue weighted by atomic mass is 10.1. The van der Waals surface area contributed by atoms with E-state index in [0.717, 1.165) is 11.3 Å². The third-order valence-electron chi connectivity index (χ3n) is 2.80. The molecule has 20 heavy (non-hydrogen) atoms. The Balaban J connectivity index is 1.97. The summed E-state index contributed by atoms with van der Waals surface area (Å²) in [6, 6.07) is 11.1. The summed E-state index contributed by atoms with van der Waals surface area (Å²) in [4.78, 5) is 4.23. The second-order valence-corrected chi connectivity index (χ2v) is 4.62. The van der Waals surface area contributed by atoms with Crippen molar-refractivity contribution < 1.29 is 5.21 Å². The number of nitrogens with one attached hydrogen (secondary N) is 1. The van der Waals surface area contributed by atoms with Crippen LogP contribution >= 0.6 is 11.6 Å². The van der Waals surface area contributed by atoms with E-state index in [2.05, 4.69) is 15.5 Å². The fraction of sp³-hybridized carbons (Fsp3) is 0.143. The third kappa shape index (κ3) is 3.69. The number of hydrogen-bond donors (Lipinski definition) is 3. The summed E-state index contributed by atoms with van der Waals surface area (Å²) < 4.78 is 0. The first-order valence-corrected chi connectivity index (χ1v) is 6.45. The van der Waals surface area contributed by atoms with E-state index in [0.29, 0.717) is 23.7 Å². The van der Waals surface area contributed by atoms with Gasteiger partial charge in [-0.25, -0.2) is 0 Å². The molecule has 0 spiro atoms. The van der Waals surface area contributed by atoms with E-state index in [4.69, 9.17) is 22.5 Å². The summed E-state index contributed by atoms with van der Waals surface area (Å²) in [5.41, 5.74) is 8.01. The number of hydrogen-bond acceptors (Lipinski definition) is 4. The van der Waals surface area contributed by atoms with Gasteiger partial charge in [-0.2, -0.15) is 0 Å². The Morgan fingerprint density at radius 1 is 1.30 bits per heavy atom. The molecule has 0 aliphatic carbocycles. The van der Waals surface area contributed by atoms with Crippen LogP contribution in [0.5, 0.6) is 0 Å². The Morgan fingerprint density at radius 3 is 2.80 bits per heavy atom. The van der Waals surface area contributed by atoms with Gasteiger partial charge in [0.1, 0.15) is 0 Å². The number of rotatable bonds is 5. The molecule has 0 fully saturated rings. The van der Waals surface area contributed by atoms with Gasteiger partial charge in [-0.05, 0) is 23.8 Å². The van der Waals surface area contributed by atoms with Crippen LogP contribution in [0.3, 0.4) is 0 Å². The fourth-order valence-electron chi connectivity index (χ4n) is 1.74. The molecule has 0 saturated carbocycles. The molecule has 0 amide bonds. The first kappa shape index (κ1) is 14.3. The lowest BCUT2D eigenvalue weighted by Gasteiger charge is -2.08. The third-order valence-corrected chi connectivity index (χ3v) is 3.16. The van der Waals surface area contributed by atoms with Gasteiger partial charge in [0.15, 0.2) is 5.84 Å². The average Bonchev–Trinajstić information content (AvgIpc) is 2.49. The maximum Gasteiger partial charge on any atom is 0.170 e. The van der Waals surface area contributed by atoms with Gasteiger partial charge in [0.2, 0.25) is 0 Å². The number of amidine groups is 1. The standard InChI is InChI=1S/C14H15ClN4O/c15-13-7-10(14(16)19-20)4-5-11(13)8-17-9-12-3-1-2-6-18-12/h1-7,17,20H,8-9H2,(H2,16,19). The molecule has 104 valence electrons. The van der Waals surface area contributed by atoms with Crippen LogP contribution in [0.25, 0.3) is 0 Å². The highest BCUT2D eigenvalue weighted by molar-refractivity contribution is 6.31. The maximum atomic E-state index is 8.62. The molecular weight excluding hydrogens is 276 g/mol. The van der Waals surface area contributed by atoms with Gasteiger partial charge in [-0.1, -0.05) is 35.0 Å². The highest BCUT2D eigenvalue weighted by Gasteiger charge is 2.05. The van der Waals surface area contributed by atoms with Gasteiger partial charge in [-0.15, -0.1) is 0 Å². The van der Waals surface area contributed by atoms with Crippen molar-refractivity contribution in [1.82, 2.24) is 10.3 Å². The highest BCUT2D eigenvalue weighted by atomic mass is 35.5. The van der Waals surface area contributed by atoms with Crippen LogP contribution in [0.1, 0.15) is 16.8 Å². The molecule has 2 rings (SSSR count). The molecule has 5 nitrogen and oxygen atoms in total. The SMILES string of the molecule is N/C(=N/O)c1ccc(CNCc2ccccn2)c(Cl)c1. The summed E-state index contributed by atoms with van der Waals surface area (Å²) in [7, 11) is 0. The van der Waals surface area contributed by atoms with Gasteiger partial charge in [0.05, 0.1) is 5.69 Å². The molecule has 1 aromatic heterocycles. The molecule has 6 heteroatoms. The molecule has 2 aromatic rings. The van der Waals surface area contributed by atoms with Crippen LogP contribution in [-0.4, -0.2) is 16.0 Å². The molecule has 1 aromatic carbocycles. The van der Waals surface area contributed by atoms with Gasteiger partial charge in [0, 0.05) is 29.9 Å². The largest absolute Gasteiger partial charge is 0.409 e. The number of aromatic nitrogens is 1. The van der Waals surface area contributed by atoms with Crippen LogP contribution in [0.2, 0.25) is 5.02 Å². The monoisotopic (exact) mass is 290 g/mol. The summed E-state index contributed by atoms with van der Waals surface area (Å²) in [6.07, 6.45) is 1.76. The van der Waals surface area contributed by atoms with Crippen molar-refractivity contribution in [2.75, 3.05) is 0 Å². The zero-order valence-corrected chi connectivity index (χ0v) is 11.5. The Morgan fingerprint density at radius 2 is 2.15 bits per heavy atom. The van der Waals surface area contributed by atoms with Crippen molar-refractivity contribution in [3.05, 3.63) is 64.4 Å². The molecule has 0 saturated heterocycles. The molecule has 0 aliphatic rings. The minimum atomic E-state index is 0.0416. The molecular formula is C14H15ClN4O. The molecule has 0 bridgehead atoms. The number of pyridine rings is 1. The van der Waals surface area contributed by atoms with E-state index in [1.807, 2.05) is 24.3 Å². The highest BCUT2D eigenvalue weighted by Crippen LogP contribution is 2.17. The van der Waals surface area contributed by atoms with Gasteiger partial charge in [-0.3, -0.25) is 4.98 Å². The lowest BCUT2D eigenvalue weighted by molar-refractivity contribution is 0.318. The number of oxime groups is 1. The Labute approximate surface area is 122 Å². The quantitative estimate of drug-likeness (QED) is 0.341. The van der Waals surface area contributed by atoms with Crippen molar-refractivity contribution in [3.8, 4) is 0 Å². The van der Waals surface area contributed by atoms with Crippen LogP contribution in [0.15, 0.2) is 47.8 Å². The van der Waals surface area contributed by atoms with E-state index < -0.39 is 0 Å². The van der Waals surface area contributed by atoms with Gasteiger partial charge < -0.3 is 16.3 Å². The number of halogens is 1. The normalized spacial score (nSPS) is 11.6. The Bertz CT molecular complexity index is 601. The molecule has 0 aliphatic heterocycles. The maximum absolute atomic E-state index is 8.62. The Hall–Kier alpha value is -2.11. The molecule has 0 radical (unpaired) electrons. The van der Waals surface area contributed by atoms with Crippen LogP contribution in [0, 0.1) is 0 Å². The first-order chi connectivity index (χ1) is 9.70. The predicted octanol–water partition coefficient (Wildman–Crippen LogP) is 2.12. The summed E-state index contributed by atoms with van der Waals surface area (Å²) in [5, 5.41) is 15.4. The minimum Gasteiger partial charge on any atom is -0.409 e. The lowest BCUT2D eigenvalue weighted by Crippen LogP contribution is -2.15.